The van der Waals surface area contributed by atoms with Gasteiger partial charge in [0.1, 0.15) is 0 Å². The highest BCUT2D eigenvalue weighted by Gasteiger charge is 2.25. The van der Waals surface area contributed by atoms with Gasteiger partial charge in [0.2, 0.25) is 0 Å². The van der Waals surface area contributed by atoms with Gasteiger partial charge < -0.3 is 24.4 Å². The Morgan fingerprint density at radius 2 is 2.00 bits per heavy atom. The predicted molar refractivity (Wildman–Crippen MR) is 134 cm³/mol. The van der Waals surface area contributed by atoms with Crippen LogP contribution in [-0.2, 0) is 27.4 Å². The van der Waals surface area contributed by atoms with Gasteiger partial charge in [0.05, 0.1) is 38.6 Å². The minimum absolute atomic E-state index is 0. The Labute approximate surface area is 199 Å². The third-order valence-corrected chi connectivity index (χ3v) is 4.78. The van der Waals surface area contributed by atoms with E-state index in [-0.39, 0.29) is 29.6 Å². The Kier molecular flexibility index (Phi) is 12.9. The molecule has 0 aliphatic carbocycles. The smallest absolute Gasteiger partial charge is 0.194 e. The Morgan fingerprint density at radius 1 is 1.23 bits per heavy atom. The number of nitrogens with one attached hydrogen (secondary N) is 1. The topological polar surface area (TPSA) is 55.3 Å². The zero-order valence-corrected chi connectivity index (χ0v) is 21.6. The molecule has 1 aromatic rings. The van der Waals surface area contributed by atoms with Crippen LogP contribution in [-0.4, -0.2) is 63.0 Å². The van der Waals surface area contributed by atoms with Crippen molar-refractivity contribution in [2.45, 2.75) is 52.9 Å². The summed E-state index contributed by atoms with van der Waals surface area (Å²) in [5.41, 5.74) is 2.26. The summed E-state index contributed by atoms with van der Waals surface area (Å²) >= 11 is 0. The molecule has 1 heterocycles. The minimum Gasteiger partial charge on any atom is -0.382 e. The zero-order chi connectivity index (χ0) is 21.1. The molecule has 1 aliphatic heterocycles. The SMILES string of the molecule is CCNC(=NCc1cccc(COC(C)(C)C)c1)N1CCC(COCCOC)C1.I. The van der Waals surface area contributed by atoms with Crippen molar-refractivity contribution >= 4 is 29.9 Å². The lowest BCUT2D eigenvalue weighted by Gasteiger charge is -2.22. The van der Waals surface area contributed by atoms with Crippen LogP contribution in [0.25, 0.3) is 0 Å². The van der Waals surface area contributed by atoms with Crippen LogP contribution in [0.4, 0.5) is 0 Å². The van der Waals surface area contributed by atoms with Crippen LogP contribution in [0.3, 0.4) is 0 Å². The fraction of sp³-hybridized carbons (Fsp3) is 0.696. The van der Waals surface area contributed by atoms with Gasteiger partial charge in [-0.15, -0.1) is 24.0 Å². The molecule has 1 saturated heterocycles. The third-order valence-electron chi connectivity index (χ3n) is 4.78. The van der Waals surface area contributed by atoms with Crippen molar-refractivity contribution in [3.05, 3.63) is 35.4 Å². The molecule has 0 spiro atoms. The predicted octanol–water partition coefficient (Wildman–Crippen LogP) is 4.07. The van der Waals surface area contributed by atoms with Crippen LogP contribution in [0.2, 0.25) is 0 Å². The first-order valence-electron chi connectivity index (χ1n) is 10.7. The molecule has 0 saturated carbocycles. The lowest BCUT2D eigenvalue weighted by molar-refractivity contribution is -0.0149. The number of rotatable bonds is 10. The normalized spacial score (nSPS) is 17.2. The van der Waals surface area contributed by atoms with E-state index in [1.807, 2.05) is 0 Å². The second-order valence-corrected chi connectivity index (χ2v) is 8.56. The summed E-state index contributed by atoms with van der Waals surface area (Å²) in [4.78, 5) is 7.24. The Balaban J connectivity index is 0.00000450. The van der Waals surface area contributed by atoms with Gasteiger partial charge in [-0.2, -0.15) is 0 Å². The van der Waals surface area contributed by atoms with Gasteiger partial charge in [0.25, 0.3) is 0 Å². The molecule has 2 rings (SSSR count). The van der Waals surface area contributed by atoms with Gasteiger partial charge in [-0.05, 0) is 45.2 Å². The standard InChI is InChI=1S/C23H39N3O3.HI/c1-6-24-22(26-11-10-21(16-26)17-28-13-12-27-5)25-15-19-8-7-9-20(14-19)18-29-23(2,3)4;/h7-9,14,21H,6,10-13,15-18H2,1-5H3,(H,24,25);1H. The first kappa shape index (κ1) is 27.1. The number of aliphatic imine (C=N–C) groups is 1. The van der Waals surface area contributed by atoms with Crippen LogP contribution in [0, 0.1) is 5.92 Å². The van der Waals surface area contributed by atoms with Crippen LogP contribution < -0.4 is 5.32 Å². The number of methoxy groups -OCH3 is 1. The molecule has 1 N–H and O–H groups in total. The largest absolute Gasteiger partial charge is 0.382 e. The maximum absolute atomic E-state index is 5.90. The molecular formula is C23H40IN3O3. The number of benzene rings is 1. The molecule has 1 fully saturated rings. The molecule has 30 heavy (non-hydrogen) atoms. The number of ether oxygens (including phenoxy) is 3. The van der Waals surface area contributed by atoms with Gasteiger partial charge >= 0.3 is 0 Å². The van der Waals surface area contributed by atoms with Crippen molar-refractivity contribution < 1.29 is 14.2 Å². The van der Waals surface area contributed by atoms with Crippen LogP contribution in [0.5, 0.6) is 0 Å². The van der Waals surface area contributed by atoms with Crippen molar-refractivity contribution in [1.82, 2.24) is 10.2 Å². The minimum atomic E-state index is -0.133. The van der Waals surface area contributed by atoms with E-state index in [0.29, 0.717) is 32.3 Å². The van der Waals surface area contributed by atoms with E-state index in [0.717, 1.165) is 38.6 Å². The molecule has 1 unspecified atom stereocenters. The number of nitrogens with zero attached hydrogens (tertiary/aromatic N) is 2. The van der Waals surface area contributed by atoms with E-state index < -0.39 is 0 Å². The van der Waals surface area contributed by atoms with Gasteiger partial charge in [0, 0.05) is 32.7 Å². The van der Waals surface area contributed by atoms with Gasteiger partial charge in [-0.25, -0.2) is 4.99 Å². The summed E-state index contributed by atoms with van der Waals surface area (Å²) < 4.78 is 16.7. The molecule has 6 nitrogen and oxygen atoms in total. The second kappa shape index (κ2) is 14.2. The molecule has 1 atom stereocenters. The molecule has 7 heteroatoms. The van der Waals surface area contributed by atoms with E-state index >= 15 is 0 Å². The highest BCUT2D eigenvalue weighted by Crippen LogP contribution is 2.18. The molecule has 0 bridgehead atoms. The maximum atomic E-state index is 5.90. The van der Waals surface area contributed by atoms with Crippen LogP contribution >= 0.6 is 24.0 Å². The average molecular weight is 533 g/mol. The fourth-order valence-electron chi connectivity index (χ4n) is 3.26. The maximum Gasteiger partial charge on any atom is 0.194 e. The van der Waals surface area contributed by atoms with Crippen molar-refractivity contribution in [1.29, 1.82) is 0 Å². The highest BCUT2D eigenvalue weighted by molar-refractivity contribution is 14.0. The first-order valence-corrected chi connectivity index (χ1v) is 10.7. The summed E-state index contributed by atoms with van der Waals surface area (Å²) in [6, 6.07) is 8.51. The summed E-state index contributed by atoms with van der Waals surface area (Å²) in [6.45, 7) is 14.6. The fourth-order valence-corrected chi connectivity index (χ4v) is 3.26. The highest BCUT2D eigenvalue weighted by atomic mass is 127. The molecule has 1 aliphatic rings. The van der Waals surface area contributed by atoms with E-state index in [1.165, 1.54) is 11.1 Å². The van der Waals surface area contributed by atoms with Gasteiger partial charge in [-0.1, -0.05) is 24.3 Å². The molecule has 0 radical (unpaired) electrons. The van der Waals surface area contributed by atoms with E-state index in [4.69, 9.17) is 19.2 Å². The summed E-state index contributed by atoms with van der Waals surface area (Å²) in [5, 5.41) is 3.44. The Bertz CT molecular complexity index is 634. The number of hydrogen-bond acceptors (Lipinski definition) is 4. The molecule has 0 aromatic heterocycles. The number of likely N-dealkylation sites (tertiary alicyclic amines) is 1. The quantitative estimate of drug-likeness (QED) is 0.213. The van der Waals surface area contributed by atoms with Crippen molar-refractivity contribution in [3.8, 4) is 0 Å². The van der Waals surface area contributed by atoms with Crippen molar-refractivity contribution in [3.63, 3.8) is 0 Å². The van der Waals surface area contributed by atoms with Gasteiger partial charge in [-0.3, -0.25) is 0 Å². The van der Waals surface area contributed by atoms with Crippen molar-refractivity contribution in [2.24, 2.45) is 10.9 Å². The average Bonchev–Trinajstić information content (AvgIpc) is 3.15. The van der Waals surface area contributed by atoms with E-state index in [2.05, 4.69) is 62.2 Å². The van der Waals surface area contributed by atoms with E-state index in [9.17, 15) is 0 Å². The first-order chi connectivity index (χ1) is 13.9. The van der Waals surface area contributed by atoms with Crippen molar-refractivity contribution in [2.75, 3.05) is 46.6 Å². The summed E-state index contributed by atoms with van der Waals surface area (Å²) in [7, 11) is 1.70. The second-order valence-electron chi connectivity index (χ2n) is 8.56. The summed E-state index contributed by atoms with van der Waals surface area (Å²) in [6.07, 6.45) is 1.14. The lowest BCUT2D eigenvalue weighted by Crippen LogP contribution is -2.40. The van der Waals surface area contributed by atoms with Crippen LogP contribution in [0.1, 0.15) is 45.2 Å². The van der Waals surface area contributed by atoms with E-state index in [1.54, 1.807) is 7.11 Å². The molecule has 172 valence electrons. The van der Waals surface area contributed by atoms with Crippen LogP contribution in [0.15, 0.2) is 29.3 Å². The number of hydrogen-bond donors (Lipinski definition) is 1. The molecule has 0 amide bonds. The summed E-state index contributed by atoms with van der Waals surface area (Å²) in [5.74, 6) is 1.54. The number of guanidine groups is 1. The Hall–Kier alpha value is -0.900. The zero-order valence-electron chi connectivity index (χ0n) is 19.3. The third kappa shape index (κ3) is 10.4. The number of halogens is 1. The monoisotopic (exact) mass is 533 g/mol. The van der Waals surface area contributed by atoms with Gasteiger partial charge in [0.15, 0.2) is 5.96 Å². The molecular weight excluding hydrogens is 493 g/mol. The molecule has 1 aromatic carbocycles. The lowest BCUT2D eigenvalue weighted by atomic mass is 10.1. The Morgan fingerprint density at radius 3 is 2.70 bits per heavy atom.